The molecule has 0 N–H and O–H groups in total. The van der Waals surface area contributed by atoms with Crippen LogP contribution in [0.2, 0.25) is 0 Å². The second-order valence-corrected chi connectivity index (χ2v) is 5.10. The summed E-state index contributed by atoms with van der Waals surface area (Å²) in [5.41, 5.74) is 1.08. The van der Waals surface area contributed by atoms with Crippen LogP contribution in [-0.4, -0.2) is 11.3 Å². The monoisotopic (exact) mass is 246 g/mol. The molecule has 0 saturated carbocycles. The van der Waals surface area contributed by atoms with Gasteiger partial charge >= 0.3 is 0 Å². The molecule has 0 aliphatic carbocycles. The van der Waals surface area contributed by atoms with E-state index in [-0.39, 0.29) is 0 Å². The van der Waals surface area contributed by atoms with Crippen LogP contribution in [0.5, 0.6) is 5.75 Å². The van der Waals surface area contributed by atoms with Gasteiger partial charge in [0.25, 0.3) is 0 Å². The summed E-state index contributed by atoms with van der Waals surface area (Å²) >= 11 is 0. The van der Waals surface area contributed by atoms with Crippen molar-refractivity contribution in [3.8, 4) is 5.75 Å². The third-order valence-corrected chi connectivity index (χ3v) is 3.86. The number of benzene rings is 2. The van der Waals surface area contributed by atoms with Crippen LogP contribution in [0.3, 0.4) is 0 Å². The largest absolute Gasteiger partial charge is 0.497 e. The maximum Gasteiger partial charge on any atom is 0.118 e. The lowest BCUT2D eigenvalue weighted by Crippen LogP contribution is -1.96. The van der Waals surface area contributed by atoms with Crippen molar-refractivity contribution < 1.29 is 8.95 Å². The van der Waals surface area contributed by atoms with E-state index in [0.717, 1.165) is 16.2 Å². The van der Waals surface area contributed by atoms with Crippen LogP contribution in [-0.2, 0) is 16.6 Å². The Morgan fingerprint density at radius 2 is 1.65 bits per heavy atom. The summed E-state index contributed by atoms with van der Waals surface area (Å²) in [5, 5.41) is 0. The molecule has 0 bridgehead atoms. The Morgan fingerprint density at radius 3 is 2.24 bits per heavy atom. The Hall–Kier alpha value is -1.61. The Labute approximate surface area is 104 Å². The fraction of sp³-hybridized carbons (Fsp3) is 0.143. The van der Waals surface area contributed by atoms with Crippen LogP contribution < -0.4 is 4.74 Å². The molecule has 0 spiro atoms. The summed E-state index contributed by atoms with van der Waals surface area (Å²) < 4.78 is 17.2. The zero-order valence-corrected chi connectivity index (χ0v) is 10.4. The molecular weight excluding hydrogens is 232 g/mol. The molecule has 0 heterocycles. The average molecular weight is 246 g/mol. The normalized spacial score (nSPS) is 12.1. The fourth-order valence-corrected chi connectivity index (χ4v) is 2.64. The summed E-state index contributed by atoms with van der Waals surface area (Å²) in [6.07, 6.45) is 0. The molecule has 0 fully saturated rings. The maximum absolute atomic E-state index is 12.1. The molecule has 0 unspecified atom stereocenters. The number of hydrogen-bond acceptors (Lipinski definition) is 2. The van der Waals surface area contributed by atoms with Crippen LogP contribution in [0.15, 0.2) is 59.5 Å². The first kappa shape index (κ1) is 11.9. The van der Waals surface area contributed by atoms with Crippen molar-refractivity contribution in [3.63, 3.8) is 0 Å². The standard InChI is InChI=1S/C14H14O2S/c1-16-13-7-9-14(10-8-13)17(15)11-12-5-3-2-4-6-12/h2-10H,11H2,1H3/t17-/m0/s1. The van der Waals surface area contributed by atoms with Gasteiger partial charge in [-0.3, -0.25) is 4.21 Å². The SMILES string of the molecule is COc1ccc([S@@](=O)Cc2ccccc2)cc1. The minimum absolute atomic E-state index is 0.549. The summed E-state index contributed by atoms with van der Waals surface area (Å²) in [6.45, 7) is 0. The molecule has 0 aromatic heterocycles. The molecule has 2 nitrogen and oxygen atoms in total. The lowest BCUT2D eigenvalue weighted by Gasteiger charge is -2.04. The van der Waals surface area contributed by atoms with Crippen LogP contribution in [0.25, 0.3) is 0 Å². The van der Waals surface area contributed by atoms with Gasteiger partial charge in [0.1, 0.15) is 5.75 Å². The van der Waals surface area contributed by atoms with Crippen molar-refractivity contribution in [1.82, 2.24) is 0 Å². The van der Waals surface area contributed by atoms with Crippen LogP contribution >= 0.6 is 0 Å². The lowest BCUT2D eigenvalue weighted by atomic mass is 10.2. The predicted octanol–water partition coefficient (Wildman–Crippen LogP) is 3.00. The summed E-state index contributed by atoms with van der Waals surface area (Å²) in [4.78, 5) is 0.828. The zero-order chi connectivity index (χ0) is 12.1. The molecule has 0 radical (unpaired) electrons. The molecule has 3 heteroatoms. The number of rotatable bonds is 4. The Kier molecular flexibility index (Phi) is 3.94. The van der Waals surface area contributed by atoms with Crippen LogP contribution in [0.1, 0.15) is 5.56 Å². The minimum atomic E-state index is -1.00. The molecule has 1 atom stereocenters. The molecule has 0 aliphatic heterocycles. The van der Waals surface area contributed by atoms with Gasteiger partial charge in [0, 0.05) is 4.90 Å². The molecule has 2 aromatic rings. The summed E-state index contributed by atoms with van der Waals surface area (Å²) in [5.74, 6) is 1.33. The van der Waals surface area contributed by atoms with Gasteiger partial charge in [0.2, 0.25) is 0 Å². The van der Waals surface area contributed by atoms with Gasteiger partial charge in [-0.15, -0.1) is 0 Å². The molecule has 0 amide bonds. The Morgan fingerprint density at radius 1 is 1.00 bits per heavy atom. The first-order chi connectivity index (χ1) is 8.29. The first-order valence-corrected chi connectivity index (χ1v) is 6.68. The van der Waals surface area contributed by atoms with Gasteiger partial charge in [-0.1, -0.05) is 30.3 Å². The smallest absolute Gasteiger partial charge is 0.118 e. The topological polar surface area (TPSA) is 26.3 Å². The third-order valence-electron chi connectivity index (χ3n) is 2.46. The van der Waals surface area contributed by atoms with E-state index in [1.54, 1.807) is 7.11 Å². The second kappa shape index (κ2) is 5.64. The molecule has 0 aliphatic rings. The maximum atomic E-state index is 12.1. The number of hydrogen-bond donors (Lipinski definition) is 0. The van der Waals surface area contributed by atoms with E-state index in [1.165, 1.54) is 0 Å². The lowest BCUT2D eigenvalue weighted by molar-refractivity contribution is 0.414. The van der Waals surface area contributed by atoms with E-state index in [9.17, 15) is 4.21 Å². The predicted molar refractivity (Wildman–Crippen MR) is 69.5 cm³/mol. The average Bonchev–Trinajstić information content (AvgIpc) is 2.40. The Balaban J connectivity index is 2.09. The van der Waals surface area contributed by atoms with Crippen molar-refractivity contribution >= 4 is 10.8 Å². The van der Waals surface area contributed by atoms with E-state index in [0.29, 0.717) is 5.75 Å². The van der Waals surface area contributed by atoms with Crippen molar-refractivity contribution in [3.05, 3.63) is 60.2 Å². The van der Waals surface area contributed by atoms with Crippen molar-refractivity contribution in [2.24, 2.45) is 0 Å². The van der Waals surface area contributed by atoms with Gasteiger partial charge in [0.05, 0.1) is 23.7 Å². The van der Waals surface area contributed by atoms with Gasteiger partial charge in [-0.2, -0.15) is 0 Å². The van der Waals surface area contributed by atoms with Crippen molar-refractivity contribution in [2.75, 3.05) is 7.11 Å². The minimum Gasteiger partial charge on any atom is -0.497 e. The van der Waals surface area contributed by atoms with Gasteiger partial charge < -0.3 is 4.74 Å². The molecule has 2 aromatic carbocycles. The number of methoxy groups -OCH3 is 1. The van der Waals surface area contributed by atoms with E-state index in [1.807, 2.05) is 54.6 Å². The highest BCUT2D eigenvalue weighted by Crippen LogP contribution is 2.16. The van der Waals surface area contributed by atoms with Crippen molar-refractivity contribution in [1.29, 1.82) is 0 Å². The van der Waals surface area contributed by atoms with E-state index >= 15 is 0 Å². The van der Waals surface area contributed by atoms with E-state index < -0.39 is 10.8 Å². The fourth-order valence-electron chi connectivity index (χ4n) is 1.54. The van der Waals surface area contributed by atoms with Gasteiger partial charge in [-0.25, -0.2) is 0 Å². The molecular formula is C14H14O2S. The second-order valence-electron chi connectivity index (χ2n) is 3.65. The molecule has 0 saturated heterocycles. The van der Waals surface area contributed by atoms with Gasteiger partial charge in [0.15, 0.2) is 0 Å². The van der Waals surface area contributed by atoms with Crippen LogP contribution in [0, 0.1) is 0 Å². The molecule has 17 heavy (non-hydrogen) atoms. The van der Waals surface area contributed by atoms with Crippen molar-refractivity contribution in [2.45, 2.75) is 10.6 Å². The summed E-state index contributed by atoms with van der Waals surface area (Å²) in [7, 11) is 0.621. The number of ether oxygens (including phenoxy) is 1. The quantitative estimate of drug-likeness (QED) is 0.829. The molecule has 88 valence electrons. The molecule has 2 rings (SSSR count). The highest BCUT2D eigenvalue weighted by atomic mass is 32.2. The van der Waals surface area contributed by atoms with E-state index in [4.69, 9.17) is 4.74 Å². The first-order valence-electron chi connectivity index (χ1n) is 5.36. The van der Waals surface area contributed by atoms with Gasteiger partial charge in [-0.05, 0) is 29.8 Å². The van der Waals surface area contributed by atoms with Crippen LogP contribution in [0.4, 0.5) is 0 Å². The third kappa shape index (κ3) is 3.17. The van der Waals surface area contributed by atoms with E-state index in [2.05, 4.69) is 0 Å². The zero-order valence-electron chi connectivity index (χ0n) is 9.63. The highest BCUT2D eigenvalue weighted by Gasteiger charge is 2.04. The highest BCUT2D eigenvalue weighted by molar-refractivity contribution is 7.84. The Bertz CT molecular complexity index is 491. The summed E-state index contributed by atoms with van der Waals surface area (Å²) in [6, 6.07) is 17.2.